The van der Waals surface area contributed by atoms with Crippen molar-refractivity contribution in [2.45, 2.75) is 64.6 Å². The molecular weight excluding hydrogens is 435 g/mol. The van der Waals surface area contributed by atoms with Crippen LogP contribution < -0.4 is 10.1 Å². The van der Waals surface area contributed by atoms with Gasteiger partial charge in [-0.1, -0.05) is 11.6 Å². The second kappa shape index (κ2) is 9.10. The van der Waals surface area contributed by atoms with Crippen molar-refractivity contribution in [3.05, 3.63) is 58.0 Å². The summed E-state index contributed by atoms with van der Waals surface area (Å²) in [7, 11) is 0. The van der Waals surface area contributed by atoms with Crippen molar-refractivity contribution >= 4 is 24.0 Å². The molecule has 0 amide bonds. The molecule has 31 heavy (non-hydrogen) atoms. The van der Waals surface area contributed by atoms with Gasteiger partial charge in [0.05, 0.1) is 12.2 Å². The molecule has 0 atom stereocenters. The molecule has 0 bridgehead atoms. The van der Waals surface area contributed by atoms with E-state index in [0.717, 1.165) is 66.1 Å². The fourth-order valence-electron chi connectivity index (χ4n) is 4.55. The van der Waals surface area contributed by atoms with Crippen molar-refractivity contribution < 1.29 is 4.74 Å². The second-order valence-electron chi connectivity index (χ2n) is 8.17. The Morgan fingerprint density at radius 2 is 1.84 bits per heavy atom. The molecule has 1 aliphatic heterocycles. The van der Waals surface area contributed by atoms with Gasteiger partial charge in [-0.3, -0.25) is 4.57 Å². The predicted molar refractivity (Wildman–Crippen MR) is 121 cm³/mol. The molecule has 2 aromatic heterocycles. The molecular formula is C22H26Cl2N6O. The molecule has 9 heteroatoms. The minimum Gasteiger partial charge on any atom is -0.474 e. The highest BCUT2D eigenvalue weighted by atomic mass is 35.5. The summed E-state index contributed by atoms with van der Waals surface area (Å²) in [5.74, 6) is 3.79. The largest absolute Gasteiger partial charge is 0.474 e. The fourth-order valence-corrected chi connectivity index (χ4v) is 4.74. The van der Waals surface area contributed by atoms with E-state index in [1.54, 1.807) is 0 Å². The maximum Gasteiger partial charge on any atom is 0.217 e. The zero-order valence-corrected chi connectivity index (χ0v) is 19.2. The lowest BCUT2D eigenvalue weighted by atomic mass is 9.86. The van der Waals surface area contributed by atoms with Crippen LogP contribution in [0.25, 0.3) is 5.69 Å². The van der Waals surface area contributed by atoms with Crippen LogP contribution in [0.1, 0.15) is 60.3 Å². The SMILES string of the molecule is Cc1cc(OC2CCC(c3nnc4n3-c3ccc(Cl)cc3CNC4)CC2)nc(C)n1.Cl. The summed E-state index contributed by atoms with van der Waals surface area (Å²) in [6, 6.07) is 7.96. The summed E-state index contributed by atoms with van der Waals surface area (Å²) in [5.41, 5.74) is 3.24. The molecule has 0 spiro atoms. The Bertz CT molecular complexity index is 1060. The summed E-state index contributed by atoms with van der Waals surface area (Å²) in [6.07, 6.45) is 4.15. The highest BCUT2D eigenvalue weighted by molar-refractivity contribution is 6.30. The molecule has 1 fully saturated rings. The van der Waals surface area contributed by atoms with Crippen LogP contribution in [0, 0.1) is 13.8 Å². The summed E-state index contributed by atoms with van der Waals surface area (Å²) in [5, 5.41) is 13.3. The first-order chi connectivity index (χ1) is 14.6. The van der Waals surface area contributed by atoms with Gasteiger partial charge in [0.1, 0.15) is 17.8 Å². The first kappa shape index (κ1) is 22.0. The smallest absolute Gasteiger partial charge is 0.217 e. The number of aryl methyl sites for hydroxylation is 2. The second-order valence-corrected chi connectivity index (χ2v) is 8.61. The standard InChI is InChI=1S/C22H25ClN6O.ClH/c1-13-9-21(26-14(2)25-13)30-18-6-3-15(4-7-18)22-28-27-20-12-24-11-16-10-17(23)5-8-19(16)29(20)22;/h5,8-10,15,18,24H,3-4,6-7,11-12H2,1-2H3;1H. The zero-order valence-electron chi connectivity index (χ0n) is 17.6. The molecule has 2 aliphatic rings. The van der Waals surface area contributed by atoms with E-state index in [1.807, 2.05) is 32.0 Å². The quantitative estimate of drug-likeness (QED) is 0.621. The van der Waals surface area contributed by atoms with Gasteiger partial charge in [-0.25, -0.2) is 4.98 Å². The summed E-state index contributed by atoms with van der Waals surface area (Å²) in [4.78, 5) is 8.74. The van der Waals surface area contributed by atoms with Crippen molar-refractivity contribution in [3.63, 3.8) is 0 Å². The van der Waals surface area contributed by atoms with Crippen molar-refractivity contribution in [2.24, 2.45) is 0 Å². The van der Waals surface area contributed by atoms with E-state index >= 15 is 0 Å². The number of nitrogens with zero attached hydrogens (tertiary/aromatic N) is 5. The summed E-state index contributed by atoms with van der Waals surface area (Å²) >= 11 is 6.23. The summed E-state index contributed by atoms with van der Waals surface area (Å²) in [6.45, 7) is 5.34. The lowest BCUT2D eigenvalue weighted by Crippen LogP contribution is -2.25. The van der Waals surface area contributed by atoms with Crippen LogP contribution in [0.2, 0.25) is 5.02 Å². The zero-order chi connectivity index (χ0) is 20.7. The van der Waals surface area contributed by atoms with E-state index in [4.69, 9.17) is 16.3 Å². The minimum atomic E-state index is 0. The van der Waals surface area contributed by atoms with E-state index in [2.05, 4.69) is 36.1 Å². The van der Waals surface area contributed by atoms with E-state index in [1.165, 1.54) is 5.56 Å². The van der Waals surface area contributed by atoms with Gasteiger partial charge >= 0.3 is 0 Å². The van der Waals surface area contributed by atoms with Crippen LogP contribution in [0.3, 0.4) is 0 Å². The van der Waals surface area contributed by atoms with Crippen molar-refractivity contribution in [1.29, 1.82) is 0 Å². The molecule has 0 unspecified atom stereocenters. The maximum absolute atomic E-state index is 6.23. The Morgan fingerprint density at radius 3 is 2.61 bits per heavy atom. The lowest BCUT2D eigenvalue weighted by Gasteiger charge is -2.28. The number of benzene rings is 1. The molecule has 1 aromatic carbocycles. The van der Waals surface area contributed by atoms with Crippen LogP contribution >= 0.6 is 24.0 Å². The third-order valence-electron chi connectivity index (χ3n) is 5.91. The van der Waals surface area contributed by atoms with Crippen LogP contribution in [0.5, 0.6) is 5.88 Å². The third-order valence-corrected chi connectivity index (χ3v) is 6.14. The maximum atomic E-state index is 6.23. The molecule has 1 aliphatic carbocycles. The minimum absolute atomic E-state index is 0. The van der Waals surface area contributed by atoms with Crippen LogP contribution in [0.15, 0.2) is 24.3 Å². The number of halogens is 2. The third kappa shape index (κ3) is 4.54. The molecule has 1 saturated carbocycles. The van der Waals surface area contributed by atoms with E-state index in [0.29, 0.717) is 18.3 Å². The normalized spacial score (nSPS) is 20.2. The van der Waals surface area contributed by atoms with Gasteiger partial charge in [-0.05, 0) is 63.3 Å². The molecule has 5 rings (SSSR count). The number of nitrogens with one attached hydrogen (secondary N) is 1. The topological polar surface area (TPSA) is 77.8 Å². The fraction of sp³-hybridized carbons (Fsp3) is 0.455. The molecule has 0 saturated heterocycles. The Morgan fingerprint density at radius 1 is 1.03 bits per heavy atom. The molecule has 3 heterocycles. The highest BCUT2D eigenvalue weighted by Gasteiger charge is 2.30. The van der Waals surface area contributed by atoms with Crippen molar-refractivity contribution in [3.8, 4) is 11.6 Å². The Balaban J connectivity index is 0.00000231. The van der Waals surface area contributed by atoms with E-state index in [9.17, 15) is 0 Å². The number of rotatable bonds is 3. The number of hydrogen-bond acceptors (Lipinski definition) is 6. The van der Waals surface area contributed by atoms with Gasteiger partial charge in [0.15, 0.2) is 5.82 Å². The molecule has 7 nitrogen and oxygen atoms in total. The average molecular weight is 461 g/mol. The number of hydrogen-bond donors (Lipinski definition) is 1. The van der Waals surface area contributed by atoms with E-state index < -0.39 is 0 Å². The van der Waals surface area contributed by atoms with Crippen LogP contribution in [-0.2, 0) is 13.1 Å². The van der Waals surface area contributed by atoms with Crippen molar-refractivity contribution in [1.82, 2.24) is 30.0 Å². The Hall–Kier alpha value is -2.22. The highest BCUT2D eigenvalue weighted by Crippen LogP contribution is 2.36. The predicted octanol–water partition coefficient (Wildman–Crippen LogP) is 4.46. The number of ether oxygens (including phenoxy) is 1. The van der Waals surface area contributed by atoms with Crippen molar-refractivity contribution in [2.75, 3.05) is 0 Å². The number of fused-ring (bicyclic) bond motifs is 3. The monoisotopic (exact) mass is 460 g/mol. The average Bonchev–Trinajstić information content (AvgIpc) is 3.03. The molecule has 1 N–H and O–H groups in total. The van der Waals surface area contributed by atoms with Gasteiger partial charge in [0.25, 0.3) is 0 Å². The first-order valence-electron chi connectivity index (χ1n) is 10.5. The van der Waals surface area contributed by atoms with Gasteiger partial charge in [0, 0.05) is 29.2 Å². The lowest BCUT2D eigenvalue weighted by molar-refractivity contribution is 0.138. The van der Waals surface area contributed by atoms with Gasteiger partial charge in [-0.15, -0.1) is 22.6 Å². The molecule has 3 aromatic rings. The van der Waals surface area contributed by atoms with Gasteiger partial charge < -0.3 is 10.1 Å². The summed E-state index contributed by atoms with van der Waals surface area (Å²) < 4.78 is 8.40. The van der Waals surface area contributed by atoms with Crippen LogP contribution in [0.4, 0.5) is 0 Å². The van der Waals surface area contributed by atoms with E-state index in [-0.39, 0.29) is 18.5 Å². The molecule has 0 radical (unpaired) electrons. The van der Waals surface area contributed by atoms with Crippen LogP contribution in [-0.4, -0.2) is 30.8 Å². The Kier molecular flexibility index (Phi) is 6.46. The first-order valence-corrected chi connectivity index (χ1v) is 10.9. The Labute approximate surface area is 193 Å². The van der Waals surface area contributed by atoms with Gasteiger partial charge in [0.2, 0.25) is 5.88 Å². The number of aromatic nitrogens is 5. The van der Waals surface area contributed by atoms with Gasteiger partial charge in [-0.2, -0.15) is 4.98 Å². The molecule has 164 valence electrons.